The van der Waals surface area contributed by atoms with E-state index in [9.17, 15) is 8.42 Å². The van der Waals surface area contributed by atoms with Gasteiger partial charge in [0.05, 0.1) is 9.60 Å². The van der Waals surface area contributed by atoms with Crippen molar-refractivity contribution in [3.63, 3.8) is 0 Å². The van der Waals surface area contributed by atoms with Crippen molar-refractivity contribution in [3.05, 3.63) is 17.7 Å². The molecule has 0 atom stereocenters. The lowest BCUT2D eigenvalue weighted by atomic mass is 10.2. The topological polar surface area (TPSA) is 59.1 Å². The second-order valence-electron chi connectivity index (χ2n) is 3.67. The van der Waals surface area contributed by atoms with Crippen molar-refractivity contribution in [1.29, 1.82) is 0 Å². The maximum absolute atomic E-state index is 11.5. The Kier molecular flexibility index (Phi) is 2.63. The van der Waals surface area contributed by atoms with Crippen LogP contribution in [0.4, 0.5) is 5.82 Å². The third-order valence-corrected chi connectivity index (χ3v) is 4.45. The van der Waals surface area contributed by atoms with E-state index in [4.69, 9.17) is 0 Å². The normalized spacial score (nSPS) is 11.9. The van der Waals surface area contributed by atoms with Crippen molar-refractivity contribution in [1.82, 2.24) is 4.37 Å². The maximum atomic E-state index is 11.5. The molecule has 1 heterocycles. The number of benzene rings is 1. The van der Waals surface area contributed by atoms with Crippen LogP contribution in [0.2, 0.25) is 0 Å². The Hall–Kier alpha value is -1.14. The summed E-state index contributed by atoms with van der Waals surface area (Å²) in [7, 11) is -1.36. The van der Waals surface area contributed by atoms with E-state index >= 15 is 0 Å². The predicted octanol–water partition coefficient (Wildman–Crippen LogP) is 2.05. The van der Waals surface area contributed by atoms with Gasteiger partial charge in [-0.3, -0.25) is 0 Å². The van der Waals surface area contributed by atoms with Crippen LogP contribution in [0, 0.1) is 6.92 Å². The van der Waals surface area contributed by atoms with E-state index in [1.54, 1.807) is 20.0 Å². The first kappa shape index (κ1) is 11.3. The molecule has 0 spiro atoms. The van der Waals surface area contributed by atoms with Crippen LogP contribution in [0.15, 0.2) is 17.0 Å². The average Bonchev–Trinajstić information content (AvgIpc) is 2.57. The molecule has 0 bridgehead atoms. The molecule has 0 aliphatic carbocycles. The number of nitrogens with zero attached hydrogens (tertiary/aromatic N) is 1. The number of fused-ring (bicyclic) bond motifs is 1. The first-order chi connectivity index (χ1) is 7.43. The number of aryl methyl sites for hydroxylation is 1. The van der Waals surface area contributed by atoms with Gasteiger partial charge in [-0.2, -0.15) is 4.37 Å². The van der Waals surface area contributed by atoms with E-state index in [-0.39, 0.29) is 0 Å². The standard InChI is InChI=1S/C10H12N2O2S2/c1-6-4-7-8(15-12-10(7)11-2)5-9(6)16(3,13)14/h4-5H,1-3H3,(H,11,12). The summed E-state index contributed by atoms with van der Waals surface area (Å²) in [5, 5.41) is 3.96. The summed E-state index contributed by atoms with van der Waals surface area (Å²) in [6.07, 6.45) is 1.22. The molecule has 6 heteroatoms. The number of aromatic nitrogens is 1. The van der Waals surface area contributed by atoms with Crippen LogP contribution in [-0.2, 0) is 9.84 Å². The summed E-state index contributed by atoms with van der Waals surface area (Å²) in [5.74, 6) is 0.795. The fourth-order valence-corrected chi connectivity index (χ4v) is 3.51. The number of sulfone groups is 1. The van der Waals surface area contributed by atoms with Gasteiger partial charge in [0.25, 0.3) is 0 Å². The van der Waals surface area contributed by atoms with Gasteiger partial charge in [-0.1, -0.05) is 0 Å². The molecule has 0 aliphatic heterocycles. The Morgan fingerprint density at radius 2 is 2.06 bits per heavy atom. The molecule has 0 saturated carbocycles. The van der Waals surface area contributed by atoms with Crippen LogP contribution in [0.1, 0.15) is 5.56 Å². The molecule has 0 saturated heterocycles. The first-order valence-corrected chi connectivity index (χ1v) is 7.38. The number of hydrogen-bond donors (Lipinski definition) is 1. The van der Waals surface area contributed by atoms with Gasteiger partial charge in [0.2, 0.25) is 0 Å². The molecule has 0 amide bonds. The highest BCUT2D eigenvalue weighted by Crippen LogP contribution is 2.30. The monoisotopic (exact) mass is 256 g/mol. The van der Waals surface area contributed by atoms with Crippen molar-refractivity contribution in [2.24, 2.45) is 0 Å². The summed E-state index contributed by atoms with van der Waals surface area (Å²) < 4.78 is 28.2. The third-order valence-electron chi connectivity index (χ3n) is 2.40. The second-order valence-corrected chi connectivity index (χ2v) is 6.46. The fraction of sp³-hybridized carbons (Fsp3) is 0.300. The highest BCUT2D eigenvalue weighted by molar-refractivity contribution is 7.90. The van der Waals surface area contributed by atoms with Crippen LogP contribution in [0.25, 0.3) is 10.1 Å². The Bertz CT molecular complexity index is 644. The highest BCUT2D eigenvalue weighted by atomic mass is 32.2. The Labute approximate surface area is 98.4 Å². The van der Waals surface area contributed by atoms with Crippen molar-refractivity contribution in [3.8, 4) is 0 Å². The molecular weight excluding hydrogens is 244 g/mol. The quantitative estimate of drug-likeness (QED) is 0.893. The van der Waals surface area contributed by atoms with Gasteiger partial charge in [0.15, 0.2) is 9.84 Å². The van der Waals surface area contributed by atoms with E-state index < -0.39 is 9.84 Å². The van der Waals surface area contributed by atoms with Gasteiger partial charge >= 0.3 is 0 Å². The molecule has 16 heavy (non-hydrogen) atoms. The smallest absolute Gasteiger partial charge is 0.175 e. The molecule has 1 aromatic heterocycles. The summed E-state index contributed by atoms with van der Waals surface area (Å²) in [6, 6.07) is 3.56. The molecule has 0 radical (unpaired) electrons. The third kappa shape index (κ3) is 1.78. The molecule has 0 aliphatic rings. The van der Waals surface area contributed by atoms with Crippen LogP contribution >= 0.6 is 11.5 Å². The predicted molar refractivity (Wildman–Crippen MR) is 67.0 cm³/mol. The molecule has 1 aromatic carbocycles. The molecule has 2 aromatic rings. The van der Waals surface area contributed by atoms with E-state index in [1.165, 1.54) is 17.8 Å². The van der Waals surface area contributed by atoms with Gasteiger partial charge in [-0.15, -0.1) is 0 Å². The molecule has 4 nitrogen and oxygen atoms in total. The van der Waals surface area contributed by atoms with Gasteiger partial charge < -0.3 is 5.32 Å². The van der Waals surface area contributed by atoms with Crippen molar-refractivity contribution in [2.45, 2.75) is 11.8 Å². The number of rotatable bonds is 2. The molecule has 0 unspecified atom stereocenters. The molecule has 86 valence electrons. The summed E-state index contributed by atoms with van der Waals surface area (Å²) in [5.41, 5.74) is 0.756. The minimum atomic E-state index is -3.16. The van der Waals surface area contributed by atoms with Gasteiger partial charge in [0.1, 0.15) is 5.82 Å². The van der Waals surface area contributed by atoms with Gasteiger partial charge in [-0.05, 0) is 36.2 Å². The number of hydrogen-bond acceptors (Lipinski definition) is 5. The largest absolute Gasteiger partial charge is 0.372 e. The van der Waals surface area contributed by atoms with E-state index in [1.807, 2.05) is 6.07 Å². The Balaban J connectivity index is 2.79. The molecule has 1 N–H and O–H groups in total. The zero-order valence-corrected chi connectivity index (χ0v) is 10.9. The van der Waals surface area contributed by atoms with Gasteiger partial charge in [-0.25, -0.2) is 8.42 Å². The van der Waals surface area contributed by atoms with Crippen LogP contribution in [-0.4, -0.2) is 26.1 Å². The lowest BCUT2D eigenvalue weighted by molar-refractivity contribution is 0.601. The summed E-state index contributed by atoms with van der Waals surface area (Å²) in [6.45, 7) is 1.80. The fourth-order valence-electron chi connectivity index (χ4n) is 1.65. The van der Waals surface area contributed by atoms with Crippen LogP contribution < -0.4 is 5.32 Å². The van der Waals surface area contributed by atoms with Crippen LogP contribution in [0.3, 0.4) is 0 Å². The Morgan fingerprint density at radius 3 is 2.62 bits per heavy atom. The minimum Gasteiger partial charge on any atom is -0.372 e. The molecule has 2 rings (SSSR count). The summed E-state index contributed by atoms with van der Waals surface area (Å²) in [4.78, 5) is 0.381. The zero-order chi connectivity index (χ0) is 11.9. The lowest BCUT2D eigenvalue weighted by Gasteiger charge is -2.03. The van der Waals surface area contributed by atoms with E-state index in [2.05, 4.69) is 9.69 Å². The van der Waals surface area contributed by atoms with Crippen molar-refractivity contribution >= 4 is 37.3 Å². The van der Waals surface area contributed by atoms with Crippen LogP contribution in [0.5, 0.6) is 0 Å². The van der Waals surface area contributed by atoms with Crippen molar-refractivity contribution < 1.29 is 8.42 Å². The second kappa shape index (κ2) is 3.71. The maximum Gasteiger partial charge on any atom is 0.175 e. The first-order valence-electron chi connectivity index (χ1n) is 4.71. The Morgan fingerprint density at radius 1 is 1.38 bits per heavy atom. The average molecular weight is 256 g/mol. The lowest BCUT2D eigenvalue weighted by Crippen LogP contribution is -1.99. The van der Waals surface area contributed by atoms with Gasteiger partial charge in [0, 0.05) is 18.7 Å². The number of nitrogens with one attached hydrogen (secondary N) is 1. The SMILES string of the molecule is CNc1nsc2cc(S(C)(=O)=O)c(C)cc12. The molecule has 0 fully saturated rings. The van der Waals surface area contributed by atoms with Crippen molar-refractivity contribution in [2.75, 3.05) is 18.6 Å². The van der Waals surface area contributed by atoms with E-state index in [0.717, 1.165) is 21.5 Å². The highest BCUT2D eigenvalue weighted by Gasteiger charge is 2.14. The van der Waals surface area contributed by atoms with E-state index in [0.29, 0.717) is 4.90 Å². The zero-order valence-electron chi connectivity index (χ0n) is 9.23. The molecular formula is C10H12N2O2S2. The minimum absolute atomic E-state index is 0.381. The summed E-state index contributed by atoms with van der Waals surface area (Å²) >= 11 is 1.30. The number of anilines is 1.